The third kappa shape index (κ3) is 6.52. The van der Waals surface area contributed by atoms with E-state index in [9.17, 15) is 9.70 Å². The summed E-state index contributed by atoms with van der Waals surface area (Å²) in [5.41, 5.74) is 1.83. The normalized spacial score (nSPS) is 10.6. The van der Waals surface area contributed by atoms with Crippen LogP contribution in [0.25, 0.3) is 0 Å². The first-order valence-electron chi connectivity index (χ1n) is 8.60. The molecule has 2 aromatic carbocycles. The van der Waals surface area contributed by atoms with Crippen LogP contribution < -0.4 is 4.90 Å². The van der Waals surface area contributed by atoms with E-state index in [1.54, 1.807) is 18.2 Å². The maximum absolute atomic E-state index is 11.6. The molecule has 0 radical (unpaired) electrons. The van der Waals surface area contributed by atoms with Gasteiger partial charge < -0.3 is 9.64 Å². The third-order valence-electron chi connectivity index (χ3n) is 3.85. The average Bonchev–Trinajstić information content (AvgIpc) is 2.72. The Morgan fingerprint density at radius 1 is 1.14 bits per heavy atom. The topological polar surface area (TPSA) is 107 Å². The van der Waals surface area contributed by atoms with Gasteiger partial charge in [-0.3, -0.25) is 4.79 Å². The molecular formula is C19H17Cl2N5O3. The third-order valence-corrected chi connectivity index (χ3v) is 4.43. The van der Waals surface area contributed by atoms with Gasteiger partial charge in [-0.15, -0.1) is 10.0 Å². The van der Waals surface area contributed by atoms with E-state index < -0.39 is 5.97 Å². The average molecular weight is 434 g/mol. The fourth-order valence-corrected chi connectivity index (χ4v) is 2.97. The van der Waals surface area contributed by atoms with Gasteiger partial charge in [-0.05, 0) is 48.5 Å². The van der Waals surface area contributed by atoms with E-state index in [1.807, 2.05) is 24.0 Å². The van der Waals surface area contributed by atoms with Crippen molar-refractivity contribution in [3.63, 3.8) is 0 Å². The van der Waals surface area contributed by atoms with Crippen molar-refractivity contribution < 1.29 is 9.53 Å². The number of carbonyl (C=O) groups is 1. The lowest BCUT2D eigenvalue weighted by molar-refractivity contribution is -0.141. The Balaban J connectivity index is 2.06. The lowest BCUT2D eigenvalue weighted by Crippen LogP contribution is -2.26. The lowest BCUT2D eigenvalue weighted by Gasteiger charge is -2.22. The molecular weight excluding hydrogens is 417 g/mol. The number of azo groups is 1. The first kappa shape index (κ1) is 22.3. The number of halogens is 2. The van der Waals surface area contributed by atoms with Crippen molar-refractivity contribution in [2.75, 3.05) is 24.6 Å². The molecule has 0 aliphatic rings. The Kier molecular flexibility index (Phi) is 8.52. The van der Waals surface area contributed by atoms with Gasteiger partial charge in [-0.2, -0.15) is 10.4 Å². The number of hydrogen-bond donors (Lipinski definition) is 0. The predicted octanol–water partition coefficient (Wildman–Crippen LogP) is 6.09. The number of anilines is 1. The number of hydrogen-bond acceptors (Lipinski definition) is 8. The van der Waals surface area contributed by atoms with E-state index in [0.29, 0.717) is 18.8 Å². The molecule has 0 saturated carbocycles. The Labute approximate surface area is 177 Å². The van der Waals surface area contributed by atoms with E-state index >= 15 is 0 Å². The summed E-state index contributed by atoms with van der Waals surface area (Å²) in [7, 11) is 0. The van der Waals surface area contributed by atoms with E-state index in [0.717, 1.165) is 5.69 Å². The minimum absolute atomic E-state index is 0.111. The summed E-state index contributed by atoms with van der Waals surface area (Å²) < 4.78 is 4.75. The fourth-order valence-electron chi connectivity index (χ4n) is 2.42. The number of nitrogens with zero attached hydrogens (tertiary/aromatic N) is 5. The molecule has 0 aromatic heterocycles. The van der Waals surface area contributed by atoms with E-state index in [1.165, 1.54) is 12.1 Å². The summed E-state index contributed by atoms with van der Waals surface area (Å²) in [6.07, 6.45) is 0.180. The maximum atomic E-state index is 11.6. The maximum Gasteiger partial charge on any atom is 0.308 e. The molecule has 0 bridgehead atoms. The summed E-state index contributed by atoms with van der Waals surface area (Å²) in [5, 5.41) is 19.7. The standard InChI is InChI=1S/C19H17Cl2N5O3/c1-2-26(9-7-18(27)29-10-8-22)15-5-3-13(4-6-15)23-24-19-16(20)11-14(25-28)12-17(19)21/h3-6,11-12H,2,7,9-10H2,1H3/b24-23+. The molecule has 0 N–H and O–H groups in total. The molecule has 0 heterocycles. The van der Waals surface area contributed by atoms with Gasteiger partial charge in [0.05, 0.1) is 22.2 Å². The van der Waals surface area contributed by atoms with Gasteiger partial charge in [0.25, 0.3) is 0 Å². The summed E-state index contributed by atoms with van der Waals surface area (Å²) in [5.74, 6) is -0.417. The van der Waals surface area contributed by atoms with Gasteiger partial charge in [-0.25, -0.2) is 0 Å². The molecule has 0 saturated heterocycles. The van der Waals surface area contributed by atoms with E-state index in [4.69, 9.17) is 33.2 Å². The zero-order valence-corrected chi connectivity index (χ0v) is 17.0. The van der Waals surface area contributed by atoms with Crippen LogP contribution in [0.5, 0.6) is 0 Å². The molecule has 2 rings (SSSR count). The second kappa shape index (κ2) is 11.1. The quantitative estimate of drug-likeness (QED) is 0.270. The smallest absolute Gasteiger partial charge is 0.308 e. The van der Waals surface area contributed by atoms with Crippen molar-refractivity contribution in [2.45, 2.75) is 13.3 Å². The van der Waals surface area contributed by atoms with E-state index in [-0.39, 0.29) is 34.4 Å². The van der Waals surface area contributed by atoms with Gasteiger partial charge >= 0.3 is 5.97 Å². The van der Waals surface area contributed by atoms with Crippen LogP contribution in [0.4, 0.5) is 22.7 Å². The van der Waals surface area contributed by atoms with Crippen molar-refractivity contribution in [2.24, 2.45) is 15.4 Å². The molecule has 8 nitrogen and oxygen atoms in total. The van der Waals surface area contributed by atoms with Crippen molar-refractivity contribution in [3.05, 3.63) is 51.4 Å². The molecule has 0 atom stereocenters. The highest BCUT2D eigenvalue weighted by Crippen LogP contribution is 2.38. The molecule has 0 aliphatic carbocycles. The SMILES string of the molecule is CCN(CCC(=O)OCC#N)c1ccc(/N=N/c2c(Cl)cc(N=O)cc2Cl)cc1. The zero-order valence-electron chi connectivity index (χ0n) is 15.5. The van der Waals surface area contributed by atoms with Crippen LogP contribution in [0, 0.1) is 16.2 Å². The molecule has 0 amide bonds. The largest absolute Gasteiger partial charge is 0.450 e. The molecule has 0 fully saturated rings. The Hall–Kier alpha value is -3.02. The van der Waals surface area contributed by atoms with Crippen LogP contribution in [0.2, 0.25) is 10.0 Å². The van der Waals surface area contributed by atoms with Crippen LogP contribution in [0.3, 0.4) is 0 Å². The summed E-state index contributed by atoms with van der Waals surface area (Å²) >= 11 is 12.1. The van der Waals surface area contributed by atoms with Gasteiger partial charge in [0, 0.05) is 18.8 Å². The number of nitriles is 1. The summed E-state index contributed by atoms with van der Waals surface area (Å²) in [6, 6.07) is 11.7. The highest BCUT2D eigenvalue weighted by atomic mass is 35.5. The van der Waals surface area contributed by atoms with Crippen LogP contribution in [0.1, 0.15) is 13.3 Å². The Morgan fingerprint density at radius 2 is 1.79 bits per heavy atom. The summed E-state index contributed by atoms with van der Waals surface area (Å²) in [4.78, 5) is 24.1. The van der Waals surface area contributed by atoms with Crippen molar-refractivity contribution in [1.29, 1.82) is 5.26 Å². The molecule has 150 valence electrons. The van der Waals surface area contributed by atoms with Crippen molar-refractivity contribution >= 4 is 51.9 Å². The van der Waals surface area contributed by atoms with Gasteiger partial charge in [0.1, 0.15) is 17.4 Å². The molecule has 2 aromatic rings. The molecule has 10 heteroatoms. The second-order valence-corrected chi connectivity index (χ2v) is 6.53. The summed E-state index contributed by atoms with van der Waals surface area (Å²) in [6.45, 7) is 2.88. The zero-order chi connectivity index (χ0) is 21.2. The van der Waals surface area contributed by atoms with Crippen LogP contribution in [-0.2, 0) is 9.53 Å². The minimum Gasteiger partial charge on any atom is -0.450 e. The van der Waals surface area contributed by atoms with Crippen LogP contribution in [-0.4, -0.2) is 25.7 Å². The highest BCUT2D eigenvalue weighted by Gasteiger charge is 2.10. The van der Waals surface area contributed by atoms with Crippen molar-refractivity contribution in [1.82, 2.24) is 0 Å². The lowest BCUT2D eigenvalue weighted by atomic mass is 10.2. The van der Waals surface area contributed by atoms with Gasteiger partial charge in [-0.1, -0.05) is 23.2 Å². The first-order chi connectivity index (χ1) is 14.0. The number of benzene rings is 2. The number of rotatable bonds is 9. The molecule has 0 aliphatic heterocycles. The minimum atomic E-state index is -0.417. The highest BCUT2D eigenvalue weighted by molar-refractivity contribution is 6.39. The van der Waals surface area contributed by atoms with Gasteiger partial charge in [0.2, 0.25) is 0 Å². The Morgan fingerprint density at radius 3 is 2.34 bits per heavy atom. The van der Waals surface area contributed by atoms with E-state index in [2.05, 4.69) is 15.4 Å². The first-order valence-corrected chi connectivity index (χ1v) is 9.35. The molecule has 0 unspecified atom stereocenters. The fraction of sp³-hybridized carbons (Fsp3) is 0.263. The number of esters is 1. The van der Waals surface area contributed by atoms with Crippen molar-refractivity contribution in [3.8, 4) is 6.07 Å². The molecule has 0 spiro atoms. The number of nitroso groups, excluding NO2 is 1. The van der Waals surface area contributed by atoms with Crippen LogP contribution >= 0.6 is 23.2 Å². The predicted molar refractivity (Wildman–Crippen MR) is 112 cm³/mol. The van der Waals surface area contributed by atoms with Gasteiger partial charge in [0.15, 0.2) is 6.61 Å². The monoisotopic (exact) mass is 433 g/mol. The molecule has 29 heavy (non-hydrogen) atoms. The van der Waals surface area contributed by atoms with Crippen LogP contribution in [0.15, 0.2) is 51.8 Å². The second-order valence-electron chi connectivity index (χ2n) is 5.71. The number of ether oxygens (including phenoxy) is 1. The number of carbonyl (C=O) groups excluding carboxylic acids is 1. The Bertz CT molecular complexity index is 919.